The van der Waals surface area contributed by atoms with Crippen LogP contribution in [0.25, 0.3) is 0 Å². The van der Waals surface area contributed by atoms with Crippen LogP contribution in [0.2, 0.25) is 23.4 Å². The Hall–Kier alpha value is 0.501. The molecule has 2 rings (SSSR count). The summed E-state index contributed by atoms with van der Waals surface area (Å²) in [6.45, 7) is 18.8. The molecule has 1 aliphatic rings. The Labute approximate surface area is 186 Å². The average molecular weight is 452 g/mol. The van der Waals surface area contributed by atoms with Crippen LogP contribution in [0.3, 0.4) is 0 Å². The number of rotatable bonds is 3. The van der Waals surface area contributed by atoms with Crippen molar-refractivity contribution in [2.75, 3.05) is 0 Å². The van der Waals surface area contributed by atoms with Crippen molar-refractivity contribution in [3.63, 3.8) is 0 Å². The fraction of sp³-hybridized carbons (Fsp3) is 0.500. The van der Waals surface area contributed by atoms with Crippen LogP contribution < -0.4 is 37.2 Å². The first-order valence-corrected chi connectivity index (χ1v) is 12.4. The smallest absolute Gasteiger partial charge is 1.00 e. The molecule has 1 aliphatic carbocycles. The topological polar surface area (TPSA) is 0 Å². The average Bonchev–Trinajstić information content (AvgIpc) is 2.78. The summed E-state index contributed by atoms with van der Waals surface area (Å²) < 4.78 is 0.0909. The Kier molecular flexibility index (Phi) is 10.1. The molecule has 0 saturated carbocycles. The molecule has 0 nitrogen and oxygen atoms in total. The third-order valence-corrected chi connectivity index (χ3v) is 8.80. The van der Waals surface area contributed by atoms with E-state index in [-0.39, 0.29) is 46.4 Å². The van der Waals surface area contributed by atoms with Gasteiger partial charge in [-0.2, -0.15) is 0 Å². The fourth-order valence-corrected chi connectivity index (χ4v) is 5.38. The van der Waals surface area contributed by atoms with Crippen LogP contribution in [-0.2, 0) is 25.9 Å². The molecule has 0 aliphatic heterocycles. The largest absolute Gasteiger partial charge is 1.00 e. The Morgan fingerprint density at radius 3 is 1.92 bits per heavy atom. The van der Waals surface area contributed by atoms with E-state index in [2.05, 4.69) is 105 Å². The fourth-order valence-electron chi connectivity index (χ4n) is 3.33. The van der Waals surface area contributed by atoms with Crippen molar-refractivity contribution < 1.29 is 57.7 Å². The Bertz CT molecular complexity index is 672. The predicted molar refractivity (Wildman–Crippen MR) is 96.9 cm³/mol. The van der Waals surface area contributed by atoms with Gasteiger partial charge in [-0.3, -0.25) is 0 Å². The minimum Gasteiger partial charge on any atom is -1.00 e. The summed E-state index contributed by atoms with van der Waals surface area (Å²) in [5.74, 6) is 0. The van der Waals surface area contributed by atoms with Crippen LogP contribution in [0.5, 0.6) is 0 Å². The maximum absolute atomic E-state index is 2.55. The summed E-state index contributed by atoms with van der Waals surface area (Å²) in [6.07, 6.45) is 7.39. The first-order chi connectivity index (χ1) is 9.88. The van der Waals surface area contributed by atoms with Gasteiger partial charge in [0.2, 0.25) is 0 Å². The van der Waals surface area contributed by atoms with Gasteiger partial charge in [0.15, 0.2) is 0 Å². The van der Waals surface area contributed by atoms with Crippen LogP contribution in [0.1, 0.15) is 36.1 Å². The number of hydrogen-bond acceptors (Lipinski definition) is 0. The molecule has 1 aromatic rings. The van der Waals surface area contributed by atoms with Crippen LogP contribution in [0, 0.1) is 20.8 Å². The number of hydrogen-bond donors (Lipinski definition) is 0. The number of halogens is 3. The van der Waals surface area contributed by atoms with Gasteiger partial charge in [-0.1, -0.05) is 0 Å². The molecule has 0 bridgehead atoms. The summed E-state index contributed by atoms with van der Waals surface area (Å²) >= 11 is 2.40. The minimum absolute atomic E-state index is 0. The maximum Gasteiger partial charge on any atom is -1.00 e. The Morgan fingerprint density at radius 2 is 1.48 bits per heavy atom. The Balaban J connectivity index is 0. The SMILES string of the molecule is Cc1cc(C)c(C)c(C(C)(C)[C]2([Ti+3])C=CC([Si](C)(C)C)=C2)c1.[Cl-].[Cl-].[Cl-]. The standard InChI is InChI=1S/C20H29Si.3ClH.Ti/c1-14-11-15(2)16(3)19(12-14)20(4,5)17-9-10-18(13-17)21(6,7)8;;;;/h9-13H,1-8H3;3*1H;/q;;;;+3/p-3. The summed E-state index contributed by atoms with van der Waals surface area (Å²) in [6, 6.07) is 4.69. The molecule has 0 amide bonds. The van der Waals surface area contributed by atoms with Crippen molar-refractivity contribution in [2.45, 2.75) is 63.4 Å². The molecule has 0 radical (unpaired) electrons. The van der Waals surface area contributed by atoms with Crippen molar-refractivity contribution >= 4 is 8.07 Å². The van der Waals surface area contributed by atoms with E-state index in [1.165, 1.54) is 22.3 Å². The normalized spacial score (nSPS) is 19.5. The summed E-state index contributed by atoms with van der Waals surface area (Å²) in [5.41, 5.74) is 5.80. The number of benzene rings is 1. The van der Waals surface area contributed by atoms with Gasteiger partial charge in [-0.25, -0.2) is 0 Å². The Morgan fingerprint density at radius 1 is 0.960 bits per heavy atom. The number of aryl methyl sites for hydroxylation is 2. The monoisotopic (exact) mass is 450 g/mol. The van der Waals surface area contributed by atoms with Gasteiger partial charge in [-0.05, 0) is 0 Å². The second-order valence-electron chi connectivity index (χ2n) is 8.43. The quantitative estimate of drug-likeness (QED) is 0.429. The second-order valence-corrected chi connectivity index (χ2v) is 14.8. The first kappa shape index (κ1) is 27.7. The minimum atomic E-state index is -1.25. The summed E-state index contributed by atoms with van der Waals surface area (Å²) in [7, 11) is -1.25. The molecule has 1 aromatic carbocycles. The third-order valence-electron chi connectivity index (χ3n) is 5.29. The maximum atomic E-state index is 2.55. The molecule has 0 N–H and O–H groups in total. The van der Waals surface area contributed by atoms with E-state index in [9.17, 15) is 0 Å². The van der Waals surface area contributed by atoms with Crippen molar-refractivity contribution in [1.29, 1.82) is 0 Å². The van der Waals surface area contributed by atoms with Crippen molar-refractivity contribution in [3.05, 3.63) is 57.8 Å². The van der Waals surface area contributed by atoms with Gasteiger partial charge < -0.3 is 37.2 Å². The third kappa shape index (κ3) is 5.27. The van der Waals surface area contributed by atoms with E-state index in [4.69, 9.17) is 0 Å². The van der Waals surface area contributed by atoms with Crippen LogP contribution in [0.15, 0.2) is 35.6 Å². The van der Waals surface area contributed by atoms with Crippen molar-refractivity contribution in [1.82, 2.24) is 0 Å². The van der Waals surface area contributed by atoms with Gasteiger partial charge in [0.1, 0.15) is 0 Å². The molecule has 0 aromatic heterocycles. The van der Waals surface area contributed by atoms with Crippen molar-refractivity contribution in [3.8, 4) is 0 Å². The van der Waals surface area contributed by atoms with E-state index < -0.39 is 8.07 Å². The first-order valence-electron chi connectivity index (χ1n) is 8.14. The molecule has 0 spiro atoms. The molecule has 0 fully saturated rings. The van der Waals surface area contributed by atoms with E-state index >= 15 is 0 Å². The molecular formula is C20H29Cl3SiTi. The predicted octanol–water partition coefficient (Wildman–Crippen LogP) is -3.02. The van der Waals surface area contributed by atoms with E-state index in [0.717, 1.165) is 0 Å². The van der Waals surface area contributed by atoms with E-state index in [1.54, 1.807) is 5.20 Å². The zero-order valence-corrected chi connectivity index (χ0v) is 21.3. The number of allylic oxidation sites excluding steroid dienone is 4. The van der Waals surface area contributed by atoms with Crippen LogP contribution in [0.4, 0.5) is 0 Å². The zero-order chi connectivity index (χ0) is 16.9. The molecule has 5 heteroatoms. The van der Waals surface area contributed by atoms with E-state index in [0.29, 0.717) is 0 Å². The molecular weight excluding hydrogens is 423 g/mol. The van der Waals surface area contributed by atoms with Gasteiger partial charge in [0, 0.05) is 0 Å². The molecule has 138 valence electrons. The van der Waals surface area contributed by atoms with E-state index in [1.807, 2.05) is 0 Å². The van der Waals surface area contributed by atoms with Crippen LogP contribution in [-0.4, -0.2) is 8.07 Å². The van der Waals surface area contributed by atoms with Crippen LogP contribution >= 0.6 is 0 Å². The summed E-state index contributed by atoms with van der Waals surface area (Å²) in [4.78, 5) is 0. The molecule has 25 heavy (non-hydrogen) atoms. The summed E-state index contributed by atoms with van der Waals surface area (Å²) in [5, 5.41) is 1.59. The molecule has 1 unspecified atom stereocenters. The van der Waals surface area contributed by atoms with Gasteiger partial charge >= 0.3 is 150 Å². The molecule has 1 atom stereocenters. The van der Waals surface area contributed by atoms with Gasteiger partial charge in [-0.15, -0.1) is 0 Å². The second kappa shape index (κ2) is 9.13. The van der Waals surface area contributed by atoms with Crippen molar-refractivity contribution in [2.24, 2.45) is 0 Å². The zero-order valence-electron chi connectivity index (χ0n) is 16.5. The van der Waals surface area contributed by atoms with Gasteiger partial charge in [0.05, 0.1) is 0 Å². The molecule has 0 saturated heterocycles. The van der Waals surface area contributed by atoms with Gasteiger partial charge in [0.25, 0.3) is 0 Å². The molecule has 0 heterocycles.